The van der Waals surface area contributed by atoms with E-state index in [2.05, 4.69) is 0 Å². The summed E-state index contributed by atoms with van der Waals surface area (Å²) in [6, 6.07) is 0. The van der Waals surface area contributed by atoms with Gasteiger partial charge in [0.1, 0.15) is 0 Å². The Labute approximate surface area is 94.5 Å². The van der Waals surface area contributed by atoms with Crippen LogP contribution in [0.25, 0.3) is 34.4 Å². The number of hydrogen-bond donors (Lipinski definition) is 0. The zero-order valence-electron chi connectivity index (χ0n) is 9.41. The van der Waals surface area contributed by atoms with Crippen molar-refractivity contribution in [2.75, 3.05) is 42.3 Å². The minimum absolute atomic E-state index is 0. The molecule has 0 aliphatic heterocycles. The first-order valence-corrected chi connectivity index (χ1v) is 3.00. The summed E-state index contributed by atoms with van der Waals surface area (Å²) < 4.78 is 0. The van der Waals surface area contributed by atoms with Gasteiger partial charge in [-0.2, -0.15) is 42.3 Å². The second kappa shape index (κ2) is 18300. The molecule has 0 aliphatic carbocycles. The predicted octanol–water partition coefficient (Wildman–Crippen LogP) is 4.01. The van der Waals surface area contributed by atoms with Crippen LogP contribution in [0.5, 0.6) is 0 Å². The zero-order chi connectivity index (χ0) is 12.0. The fourth-order valence-electron chi connectivity index (χ4n) is 0. The standard InChI is InChI=1S/6CH4N.Cr/c6*1-2;/h6*2H,1H3;/q6*-1;+6. The third kappa shape index (κ3) is 15200. The molecule has 0 fully saturated rings. The van der Waals surface area contributed by atoms with Gasteiger partial charge < -0.3 is 34.4 Å². The predicted molar refractivity (Wildman–Crippen MR) is 61.5 cm³/mol. The van der Waals surface area contributed by atoms with E-state index >= 15 is 0 Å². The van der Waals surface area contributed by atoms with Gasteiger partial charge in [-0.15, -0.1) is 0 Å². The maximum absolute atomic E-state index is 5.75. The van der Waals surface area contributed by atoms with Crippen molar-refractivity contribution in [3.63, 3.8) is 0 Å². The average molecular weight is 232 g/mol. The first-order valence-electron chi connectivity index (χ1n) is 3.00. The molecule has 0 radical (unpaired) electrons. The molecule has 6 N–H and O–H groups in total. The molecule has 84 valence electrons. The van der Waals surface area contributed by atoms with Crippen LogP contribution in [0, 0.1) is 0 Å². The Morgan fingerprint density at radius 3 is 0.308 bits per heavy atom. The van der Waals surface area contributed by atoms with Crippen molar-refractivity contribution < 1.29 is 17.4 Å². The molecule has 0 aromatic heterocycles. The summed E-state index contributed by atoms with van der Waals surface area (Å²) in [7, 11) is 7.50. The third-order valence-corrected chi connectivity index (χ3v) is 0. The van der Waals surface area contributed by atoms with Gasteiger partial charge in [-0.25, -0.2) is 0 Å². The second-order valence-electron chi connectivity index (χ2n) is 0. The molecule has 0 amide bonds. The van der Waals surface area contributed by atoms with E-state index < -0.39 is 0 Å². The molecule has 0 saturated heterocycles. The molecule has 7 heteroatoms. The number of hydrogen-bond acceptors (Lipinski definition) is 0. The van der Waals surface area contributed by atoms with Gasteiger partial charge in [-0.1, -0.05) is 0 Å². The van der Waals surface area contributed by atoms with E-state index in [9.17, 15) is 0 Å². The summed E-state index contributed by atoms with van der Waals surface area (Å²) in [6.45, 7) is 0. The van der Waals surface area contributed by atoms with Gasteiger partial charge in [0.05, 0.1) is 0 Å². The summed E-state index contributed by atoms with van der Waals surface area (Å²) in [5.74, 6) is 0. The van der Waals surface area contributed by atoms with E-state index in [1.807, 2.05) is 0 Å². The fraction of sp³-hybridized carbons (Fsp3) is 1.00. The van der Waals surface area contributed by atoms with Gasteiger partial charge in [0, 0.05) is 0 Å². The summed E-state index contributed by atoms with van der Waals surface area (Å²) in [5, 5.41) is 0. The fourth-order valence-corrected chi connectivity index (χ4v) is 0. The van der Waals surface area contributed by atoms with Crippen molar-refractivity contribution in [1.82, 2.24) is 0 Å². The molecule has 0 aromatic carbocycles. The van der Waals surface area contributed by atoms with Crippen molar-refractivity contribution >= 4 is 0 Å². The molecule has 0 heterocycles. The van der Waals surface area contributed by atoms with Crippen LogP contribution < -0.4 is 0 Å². The topological polar surface area (TPSA) is 143 Å². The maximum Gasteiger partial charge on any atom is 6.00 e. The van der Waals surface area contributed by atoms with Crippen LogP contribution in [0.15, 0.2) is 0 Å². The van der Waals surface area contributed by atoms with Gasteiger partial charge >= 0.3 is 17.4 Å². The van der Waals surface area contributed by atoms with Gasteiger partial charge in [0.15, 0.2) is 0 Å². The van der Waals surface area contributed by atoms with E-state index in [0.29, 0.717) is 0 Å². The molecular formula is C6H24CrN6. The normalized spacial score (nSPS) is 2.77. The first-order chi connectivity index (χ1) is 6.00. The first kappa shape index (κ1) is 50.7. The van der Waals surface area contributed by atoms with Crippen LogP contribution >= 0.6 is 0 Å². The molecule has 0 atom stereocenters. The van der Waals surface area contributed by atoms with Crippen molar-refractivity contribution in [3.05, 3.63) is 34.4 Å². The smallest absolute Gasteiger partial charge is 0.680 e. The van der Waals surface area contributed by atoms with Crippen molar-refractivity contribution in [1.29, 1.82) is 0 Å². The molecule has 0 aliphatic rings. The number of rotatable bonds is 0. The Morgan fingerprint density at radius 2 is 0.308 bits per heavy atom. The summed E-state index contributed by atoms with van der Waals surface area (Å²) in [6.07, 6.45) is 0. The van der Waals surface area contributed by atoms with E-state index in [-0.39, 0.29) is 17.4 Å². The molecule has 0 rings (SSSR count). The van der Waals surface area contributed by atoms with Crippen LogP contribution in [0.2, 0.25) is 0 Å². The third-order valence-electron chi connectivity index (χ3n) is 0. The zero-order valence-corrected chi connectivity index (χ0v) is 10.7. The Hall–Kier alpha value is 0.292. The molecule has 6 nitrogen and oxygen atoms in total. The van der Waals surface area contributed by atoms with Gasteiger partial charge in [-0.05, 0) is 0 Å². The molecule has 13 heavy (non-hydrogen) atoms. The van der Waals surface area contributed by atoms with Crippen LogP contribution in [-0.4, -0.2) is 42.3 Å². The maximum atomic E-state index is 5.75. The second-order valence-corrected chi connectivity index (χ2v) is 0. The van der Waals surface area contributed by atoms with Gasteiger partial charge in [0.25, 0.3) is 0 Å². The summed E-state index contributed by atoms with van der Waals surface area (Å²) in [4.78, 5) is 0. The molecular weight excluding hydrogens is 208 g/mol. The molecule has 0 unspecified atom stereocenters. The average Bonchev–Trinajstić information content (AvgIpc) is 2.33. The van der Waals surface area contributed by atoms with Crippen molar-refractivity contribution in [3.8, 4) is 0 Å². The minimum atomic E-state index is 0. The Kier molecular flexibility index (Phi) is 71500. The largest absolute Gasteiger partial charge is 6.00 e. The van der Waals surface area contributed by atoms with Crippen LogP contribution in [0.1, 0.15) is 0 Å². The minimum Gasteiger partial charge on any atom is -0.680 e. The van der Waals surface area contributed by atoms with Crippen LogP contribution in [0.3, 0.4) is 0 Å². The Bertz CT molecular complexity index is 17.1. The van der Waals surface area contributed by atoms with Crippen LogP contribution in [-0.2, 0) is 17.4 Å². The quantitative estimate of drug-likeness (QED) is 0.594. The van der Waals surface area contributed by atoms with E-state index in [1.54, 1.807) is 0 Å². The van der Waals surface area contributed by atoms with E-state index in [4.69, 9.17) is 34.4 Å². The molecule has 0 spiro atoms. The van der Waals surface area contributed by atoms with Crippen molar-refractivity contribution in [2.45, 2.75) is 0 Å². The monoisotopic (exact) mass is 232 g/mol. The Morgan fingerprint density at radius 1 is 0.308 bits per heavy atom. The van der Waals surface area contributed by atoms with E-state index in [1.165, 1.54) is 42.3 Å². The summed E-state index contributed by atoms with van der Waals surface area (Å²) >= 11 is 0. The van der Waals surface area contributed by atoms with Crippen LogP contribution in [0.4, 0.5) is 0 Å². The molecule has 0 aromatic rings. The van der Waals surface area contributed by atoms with Crippen molar-refractivity contribution in [2.24, 2.45) is 0 Å². The molecule has 0 bridgehead atoms. The molecule has 0 saturated carbocycles. The SMILES string of the molecule is C[NH-].C[NH-].C[NH-].C[NH-].C[NH-].C[NH-].[Cr+6]. The number of nitrogens with one attached hydrogen (secondary N) is 6. The Balaban J connectivity index is -0.00000000655. The van der Waals surface area contributed by atoms with E-state index in [0.717, 1.165) is 0 Å². The summed E-state index contributed by atoms with van der Waals surface area (Å²) in [5.41, 5.74) is 34.5. The van der Waals surface area contributed by atoms with Gasteiger partial charge in [-0.3, -0.25) is 0 Å². The van der Waals surface area contributed by atoms with Gasteiger partial charge in [0.2, 0.25) is 0 Å².